The van der Waals surface area contributed by atoms with Gasteiger partial charge >= 0.3 is 0 Å². The van der Waals surface area contributed by atoms with Gasteiger partial charge in [-0.3, -0.25) is 9.69 Å². The zero-order chi connectivity index (χ0) is 20.6. The summed E-state index contributed by atoms with van der Waals surface area (Å²) in [6, 6.07) is 19.0. The Kier molecular flexibility index (Phi) is 7.67. The molecule has 5 heteroatoms. The van der Waals surface area contributed by atoms with Crippen molar-refractivity contribution in [2.45, 2.75) is 58.5 Å². The van der Waals surface area contributed by atoms with Crippen LogP contribution < -0.4 is 15.4 Å². The molecule has 0 saturated carbocycles. The van der Waals surface area contributed by atoms with Crippen LogP contribution in [0.4, 0.5) is 0 Å². The van der Waals surface area contributed by atoms with E-state index in [2.05, 4.69) is 53.6 Å². The van der Waals surface area contributed by atoms with Crippen molar-refractivity contribution in [1.82, 2.24) is 15.5 Å². The summed E-state index contributed by atoms with van der Waals surface area (Å²) < 4.78 is 5.94. The second kappa shape index (κ2) is 10.4. The van der Waals surface area contributed by atoms with Crippen LogP contribution in [0.15, 0.2) is 54.6 Å². The number of benzene rings is 2. The molecule has 2 aromatic carbocycles. The highest BCUT2D eigenvalue weighted by molar-refractivity contribution is 5.82. The Morgan fingerprint density at radius 2 is 1.90 bits per heavy atom. The molecule has 1 saturated heterocycles. The molecule has 0 spiro atoms. The summed E-state index contributed by atoms with van der Waals surface area (Å²) >= 11 is 0. The van der Waals surface area contributed by atoms with Gasteiger partial charge in [-0.1, -0.05) is 42.5 Å². The number of carbonyl (C=O) groups is 1. The second-order valence-corrected chi connectivity index (χ2v) is 7.94. The fourth-order valence-electron chi connectivity index (χ4n) is 3.88. The second-order valence-electron chi connectivity index (χ2n) is 7.94. The first-order chi connectivity index (χ1) is 14.1. The van der Waals surface area contributed by atoms with Gasteiger partial charge in [0, 0.05) is 31.7 Å². The van der Waals surface area contributed by atoms with Crippen molar-refractivity contribution in [1.29, 1.82) is 0 Å². The molecule has 3 rings (SSSR count). The molecule has 0 aromatic heterocycles. The number of hydrogen-bond donors (Lipinski definition) is 2. The summed E-state index contributed by atoms with van der Waals surface area (Å²) in [5.74, 6) is 1.02. The van der Waals surface area contributed by atoms with Crippen molar-refractivity contribution in [3.63, 3.8) is 0 Å². The summed E-state index contributed by atoms with van der Waals surface area (Å²) in [7, 11) is 0. The fourth-order valence-corrected chi connectivity index (χ4v) is 3.88. The van der Waals surface area contributed by atoms with Crippen molar-refractivity contribution in [2.75, 3.05) is 13.1 Å². The highest BCUT2D eigenvalue weighted by atomic mass is 16.5. The Hall–Kier alpha value is -2.37. The predicted molar refractivity (Wildman–Crippen MR) is 117 cm³/mol. The number of carbonyl (C=O) groups excluding carboxylic acids is 1. The van der Waals surface area contributed by atoms with Gasteiger partial charge in [0.25, 0.3) is 0 Å². The monoisotopic (exact) mass is 395 g/mol. The lowest BCUT2D eigenvalue weighted by atomic mass is 10.1. The molecule has 1 amide bonds. The van der Waals surface area contributed by atoms with Gasteiger partial charge in [0.1, 0.15) is 12.4 Å². The number of nitrogens with zero attached hydrogens (tertiary/aromatic N) is 1. The molecule has 0 aliphatic carbocycles. The minimum atomic E-state index is -0.0482. The molecule has 1 aliphatic heterocycles. The van der Waals surface area contributed by atoms with E-state index < -0.39 is 0 Å². The van der Waals surface area contributed by atoms with Crippen LogP contribution in [-0.4, -0.2) is 42.0 Å². The van der Waals surface area contributed by atoms with E-state index in [1.807, 2.05) is 37.3 Å². The van der Waals surface area contributed by atoms with Gasteiger partial charge in [0.2, 0.25) is 5.91 Å². The zero-order valence-electron chi connectivity index (χ0n) is 17.7. The van der Waals surface area contributed by atoms with Crippen molar-refractivity contribution < 1.29 is 9.53 Å². The predicted octanol–water partition coefficient (Wildman–Crippen LogP) is 3.34. The number of amides is 1. The van der Waals surface area contributed by atoms with Crippen molar-refractivity contribution in [2.24, 2.45) is 0 Å². The normalized spacial score (nSPS) is 19.4. The first-order valence-corrected chi connectivity index (χ1v) is 10.6. The Bertz CT molecular complexity index is 779. The zero-order valence-corrected chi connectivity index (χ0v) is 17.7. The minimum Gasteiger partial charge on any atom is -0.489 e. The van der Waals surface area contributed by atoms with E-state index in [4.69, 9.17) is 4.74 Å². The molecule has 0 radical (unpaired) electrons. The van der Waals surface area contributed by atoms with E-state index in [0.717, 1.165) is 30.8 Å². The van der Waals surface area contributed by atoms with Gasteiger partial charge in [0.05, 0.1) is 6.04 Å². The van der Waals surface area contributed by atoms with Gasteiger partial charge in [-0.25, -0.2) is 0 Å². The van der Waals surface area contributed by atoms with Crippen LogP contribution in [0.5, 0.6) is 5.75 Å². The quantitative estimate of drug-likeness (QED) is 0.684. The SMILES string of the molecule is CCNC(=O)[C@@H]1C[C@H](NCc2cccc(OCc3ccccc3)c2)CN1C(C)C. The summed E-state index contributed by atoms with van der Waals surface area (Å²) in [4.78, 5) is 14.7. The highest BCUT2D eigenvalue weighted by Gasteiger charge is 2.37. The van der Waals surface area contributed by atoms with Gasteiger partial charge < -0.3 is 15.4 Å². The lowest BCUT2D eigenvalue weighted by Crippen LogP contribution is -2.46. The molecular weight excluding hydrogens is 362 g/mol. The molecule has 0 unspecified atom stereocenters. The van der Waals surface area contributed by atoms with E-state index in [9.17, 15) is 4.79 Å². The fraction of sp³-hybridized carbons (Fsp3) is 0.458. The van der Waals surface area contributed by atoms with Crippen molar-refractivity contribution in [3.8, 4) is 5.75 Å². The maximum Gasteiger partial charge on any atom is 0.237 e. The Morgan fingerprint density at radius 3 is 2.62 bits per heavy atom. The topological polar surface area (TPSA) is 53.6 Å². The third kappa shape index (κ3) is 6.05. The lowest BCUT2D eigenvalue weighted by Gasteiger charge is -2.27. The van der Waals surface area contributed by atoms with Crippen LogP contribution in [-0.2, 0) is 17.9 Å². The number of likely N-dealkylation sites (tertiary alicyclic amines) is 1. The van der Waals surface area contributed by atoms with E-state index in [1.54, 1.807) is 0 Å². The van der Waals surface area contributed by atoms with Gasteiger partial charge in [-0.2, -0.15) is 0 Å². The summed E-state index contributed by atoms with van der Waals surface area (Å²) in [6.07, 6.45) is 0.841. The first kappa shape index (κ1) is 21.3. The molecule has 29 heavy (non-hydrogen) atoms. The minimum absolute atomic E-state index is 0.0482. The third-order valence-corrected chi connectivity index (χ3v) is 5.40. The molecule has 2 N–H and O–H groups in total. The van der Waals surface area contributed by atoms with Gasteiger partial charge in [-0.15, -0.1) is 0 Å². The van der Waals surface area contributed by atoms with Crippen LogP contribution in [0.2, 0.25) is 0 Å². The van der Waals surface area contributed by atoms with Crippen LogP contribution in [0.25, 0.3) is 0 Å². The molecule has 156 valence electrons. The van der Waals surface area contributed by atoms with E-state index in [-0.39, 0.29) is 11.9 Å². The first-order valence-electron chi connectivity index (χ1n) is 10.6. The third-order valence-electron chi connectivity index (χ3n) is 5.40. The van der Waals surface area contributed by atoms with E-state index in [0.29, 0.717) is 25.2 Å². The van der Waals surface area contributed by atoms with E-state index >= 15 is 0 Å². The molecule has 2 aromatic rings. The van der Waals surface area contributed by atoms with Crippen LogP contribution in [0, 0.1) is 0 Å². The smallest absolute Gasteiger partial charge is 0.237 e. The van der Waals surface area contributed by atoms with Crippen LogP contribution >= 0.6 is 0 Å². The molecule has 1 fully saturated rings. The summed E-state index contributed by atoms with van der Waals surface area (Å²) in [6.45, 7) is 9.18. The molecule has 0 bridgehead atoms. The number of rotatable bonds is 9. The Labute approximate surface area is 174 Å². The molecule has 1 aliphatic rings. The average molecular weight is 396 g/mol. The molecule has 1 heterocycles. The van der Waals surface area contributed by atoms with Crippen LogP contribution in [0.1, 0.15) is 38.3 Å². The maximum absolute atomic E-state index is 12.4. The summed E-state index contributed by atoms with van der Waals surface area (Å²) in [5.41, 5.74) is 2.35. The van der Waals surface area contributed by atoms with Crippen LogP contribution in [0.3, 0.4) is 0 Å². The van der Waals surface area contributed by atoms with Gasteiger partial charge in [-0.05, 0) is 50.5 Å². The van der Waals surface area contributed by atoms with Crippen molar-refractivity contribution >= 4 is 5.91 Å². The van der Waals surface area contributed by atoms with E-state index in [1.165, 1.54) is 5.56 Å². The number of hydrogen-bond acceptors (Lipinski definition) is 4. The molecule has 5 nitrogen and oxygen atoms in total. The highest BCUT2D eigenvalue weighted by Crippen LogP contribution is 2.22. The maximum atomic E-state index is 12.4. The number of likely N-dealkylation sites (N-methyl/N-ethyl adjacent to an activating group) is 1. The standard InChI is InChI=1S/C24H33N3O2/c1-4-25-24(28)23-14-21(16-27(23)18(2)3)26-15-20-11-8-12-22(13-20)29-17-19-9-6-5-7-10-19/h5-13,18,21,23,26H,4,14-17H2,1-3H3,(H,25,28)/t21-,23-/m0/s1. The van der Waals surface area contributed by atoms with Gasteiger partial charge in [0.15, 0.2) is 0 Å². The lowest BCUT2D eigenvalue weighted by molar-refractivity contribution is -0.125. The van der Waals surface area contributed by atoms with Crippen molar-refractivity contribution in [3.05, 3.63) is 65.7 Å². The Balaban J connectivity index is 1.53. The average Bonchev–Trinajstić information content (AvgIpc) is 3.17. The summed E-state index contributed by atoms with van der Waals surface area (Å²) in [5, 5.41) is 6.61. The Morgan fingerprint density at radius 1 is 1.14 bits per heavy atom. The number of nitrogens with one attached hydrogen (secondary N) is 2. The molecular formula is C24H33N3O2. The number of ether oxygens (including phenoxy) is 1. The molecule has 2 atom stereocenters. The largest absolute Gasteiger partial charge is 0.489 e.